The van der Waals surface area contributed by atoms with Crippen molar-refractivity contribution >= 4 is 5.78 Å². The number of nitrogens with zero attached hydrogens (tertiary/aromatic N) is 2. The molecule has 2 rings (SSSR count). The smallest absolute Gasteiger partial charge is 0.193 e. The molecule has 0 N–H and O–H groups in total. The van der Waals surface area contributed by atoms with E-state index < -0.39 is 0 Å². The van der Waals surface area contributed by atoms with E-state index in [-0.39, 0.29) is 17.6 Å². The molecule has 0 spiro atoms. The summed E-state index contributed by atoms with van der Waals surface area (Å²) in [6.45, 7) is 1.84. The molecule has 3 nitrogen and oxygen atoms in total. The van der Waals surface area contributed by atoms with Crippen LogP contribution in [0.5, 0.6) is 0 Å². The Morgan fingerprint density at radius 3 is 2.17 bits per heavy atom. The van der Waals surface area contributed by atoms with Gasteiger partial charge in [0.2, 0.25) is 0 Å². The Hall–Kier alpha value is -2.91. The summed E-state index contributed by atoms with van der Waals surface area (Å²) in [4.78, 5) is 12.4. The van der Waals surface area contributed by atoms with Gasteiger partial charge in [0.15, 0.2) is 5.78 Å². The minimum absolute atomic E-state index is 0.0138. The van der Waals surface area contributed by atoms with E-state index in [2.05, 4.69) is 12.1 Å². The van der Waals surface area contributed by atoms with Gasteiger partial charge >= 0.3 is 0 Å². The fourth-order valence-corrected chi connectivity index (χ4v) is 2.63. The standard InChI is InChI=1S/C21H20N2O/c1-16(14-22)13-18(15-23)8-7-17-9-11-20(12-10-17)21(24)19-5-3-2-4-6-19/h2-6,9-12,16,18H,7-8,13H2,1H3. The van der Waals surface area contributed by atoms with Crippen molar-refractivity contribution in [2.45, 2.75) is 26.2 Å². The lowest BCUT2D eigenvalue weighted by Crippen LogP contribution is -2.05. The first-order valence-electron chi connectivity index (χ1n) is 8.12. The van der Waals surface area contributed by atoms with Crippen LogP contribution >= 0.6 is 0 Å². The van der Waals surface area contributed by atoms with E-state index in [1.54, 1.807) is 0 Å². The van der Waals surface area contributed by atoms with Crippen LogP contribution in [0.1, 0.15) is 41.3 Å². The second-order valence-electron chi connectivity index (χ2n) is 6.02. The van der Waals surface area contributed by atoms with Gasteiger partial charge in [-0.2, -0.15) is 10.5 Å². The van der Waals surface area contributed by atoms with Crippen LogP contribution in [-0.2, 0) is 6.42 Å². The number of carbonyl (C=O) groups excluding carboxylic acids is 1. The van der Waals surface area contributed by atoms with E-state index in [1.165, 1.54) is 0 Å². The summed E-state index contributed by atoms with van der Waals surface area (Å²) in [5, 5.41) is 18.0. The van der Waals surface area contributed by atoms with Crippen molar-refractivity contribution < 1.29 is 4.79 Å². The van der Waals surface area contributed by atoms with Gasteiger partial charge in [0.25, 0.3) is 0 Å². The maximum atomic E-state index is 12.4. The first-order chi connectivity index (χ1) is 11.6. The first kappa shape index (κ1) is 17.4. The van der Waals surface area contributed by atoms with Crippen molar-refractivity contribution in [1.82, 2.24) is 0 Å². The molecule has 0 radical (unpaired) electrons. The summed E-state index contributed by atoms with van der Waals surface area (Å²) in [6, 6.07) is 21.2. The lowest BCUT2D eigenvalue weighted by molar-refractivity contribution is 0.103. The van der Waals surface area contributed by atoms with Crippen LogP contribution in [0.4, 0.5) is 0 Å². The number of benzene rings is 2. The Balaban J connectivity index is 1.96. The van der Waals surface area contributed by atoms with E-state index in [0.717, 1.165) is 18.4 Å². The molecule has 0 saturated carbocycles. The molecule has 0 amide bonds. The first-order valence-corrected chi connectivity index (χ1v) is 8.12. The fourth-order valence-electron chi connectivity index (χ4n) is 2.63. The quantitative estimate of drug-likeness (QED) is 0.704. The predicted octanol–water partition coefficient (Wildman–Crippen LogP) is 4.54. The predicted molar refractivity (Wildman–Crippen MR) is 93.1 cm³/mol. The molecule has 24 heavy (non-hydrogen) atoms. The summed E-state index contributed by atoms with van der Waals surface area (Å²) in [6.07, 6.45) is 2.11. The summed E-state index contributed by atoms with van der Waals surface area (Å²) in [7, 11) is 0. The highest BCUT2D eigenvalue weighted by molar-refractivity contribution is 6.08. The van der Waals surface area contributed by atoms with Gasteiger partial charge in [0.05, 0.1) is 12.1 Å². The van der Waals surface area contributed by atoms with E-state index in [9.17, 15) is 10.1 Å². The largest absolute Gasteiger partial charge is 0.289 e. The van der Waals surface area contributed by atoms with Gasteiger partial charge in [0, 0.05) is 23.0 Å². The molecule has 2 atom stereocenters. The number of rotatable bonds is 7. The molecule has 0 saturated heterocycles. The molecular weight excluding hydrogens is 296 g/mol. The lowest BCUT2D eigenvalue weighted by atomic mass is 9.92. The molecule has 120 valence electrons. The zero-order chi connectivity index (χ0) is 17.4. The average molecular weight is 316 g/mol. The molecule has 2 unspecified atom stereocenters. The van der Waals surface area contributed by atoms with Crippen molar-refractivity contribution in [1.29, 1.82) is 10.5 Å². The maximum Gasteiger partial charge on any atom is 0.193 e. The number of nitriles is 2. The van der Waals surface area contributed by atoms with E-state index in [1.807, 2.05) is 61.5 Å². The Morgan fingerprint density at radius 2 is 1.58 bits per heavy atom. The molecule has 0 aliphatic carbocycles. The fraction of sp³-hybridized carbons (Fsp3) is 0.286. The average Bonchev–Trinajstić information content (AvgIpc) is 2.65. The van der Waals surface area contributed by atoms with Gasteiger partial charge in [-0.15, -0.1) is 0 Å². The monoisotopic (exact) mass is 316 g/mol. The number of carbonyl (C=O) groups is 1. The van der Waals surface area contributed by atoms with Crippen LogP contribution in [0.2, 0.25) is 0 Å². The molecule has 0 aliphatic heterocycles. The minimum atomic E-state index is -0.106. The van der Waals surface area contributed by atoms with E-state index >= 15 is 0 Å². The number of hydrogen-bond donors (Lipinski definition) is 0. The number of hydrogen-bond acceptors (Lipinski definition) is 3. The molecule has 3 heteroatoms. The van der Waals surface area contributed by atoms with Gasteiger partial charge in [-0.25, -0.2) is 0 Å². The van der Waals surface area contributed by atoms with Gasteiger partial charge in [0.1, 0.15) is 0 Å². The molecular formula is C21H20N2O. The minimum Gasteiger partial charge on any atom is -0.289 e. The SMILES string of the molecule is CC(C#N)CC(C#N)CCc1ccc(C(=O)c2ccccc2)cc1. The Bertz CT molecular complexity index is 751. The van der Waals surface area contributed by atoms with Gasteiger partial charge in [-0.3, -0.25) is 4.79 Å². The number of ketones is 1. The highest BCUT2D eigenvalue weighted by atomic mass is 16.1. The van der Waals surface area contributed by atoms with Crippen molar-refractivity contribution in [3.8, 4) is 12.1 Å². The van der Waals surface area contributed by atoms with Crippen LogP contribution in [-0.4, -0.2) is 5.78 Å². The van der Waals surface area contributed by atoms with Crippen molar-refractivity contribution in [2.24, 2.45) is 11.8 Å². The van der Waals surface area contributed by atoms with Crippen LogP contribution in [0.15, 0.2) is 54.6 Å². The van der Waals surface area contributed by atoms with Crippen molar-refractivity contribution in [2.75, 3.05) is 0 Å². The Labute approximate surface area is 143 Å². The van der Waals surface area contributed by atoms with Crippen LogP contribution in [0.3, 0.4) is 0 Å². The highest BCUT2D eigenvalue weighted by Gasteiger charge is 2.13. The molecule has 2 aromatic carbocycles. The number of aryl methyl sites for hydroxylation is 1. The molecule has 0 heterocycles. The van der Waals surface area contributed by atoms with Crippen molar-refractivity contribution in [3.63, 3.8) is 0 Å². The highest BCUT2D eigenvalue weighted by Crippen LogP contribution is 2.18. The molecule has 0 fully saturated rings. The molecule has 2 aromatic rings. The topological polar surface area (TPSA) is 64.7 Å². The Kier molecular flexibility index (Phi) is 6.29. The van der Waals surface area contributed by atoms with Gasteiger partial charge < -0.3 is 0 Å². The third-order valence-electron chi connectivity index (χ3n) is 4.07. The van der Waals surface area contributed by atoms with Crippen LogP contribution in [0.25, 0.3) is 0 Å². The zero-order valence-corrected chi connectivity index (χ0v) is 13.8. The summed E-state index contributed by atoms with van der Waals surface area (Å²) in [5.74, 6) is -0.189. The van der Waals surface area contributed by atoms with Crippen LogP contribution in [0, 0.1) is 34.5 Å². The van der Waals surface area contributed by atoms with Crippen molar-refractivity contribution in [3.05, 3.63) is 71.3 Å². The lowest BCUT2D eigenvalue weighted by Gasteiger charge is -2.10. The summed E-state index contributed by atoms with van der Waals surface area (Å²) in [5.41, 5.74) is 2.45. The van der Waals surface area contributed by atoms with E-state index in [4.69, 9.17) is 5.26 Å². The third kappa shape index (κ3) is 4.80. The maximum absolute atomic E-state index is 12.4. The molecule has 0 aromatic heterocycles. The third-order valence-corrected chi connectivity index (χ3v) is 4.07. The second kappa shape index (κ2) is 8.65. The van der Waals surface area contributed by atoms with E-state index in [0.29, 0.717) is 17.5 Å². The zero-order valence-electron chi connectivity index (χ0n) is 13.8. The summed E-state index contributed by atoms with van der Waals surface area (Å²) >= 11 is 0. The second-order valence-corrected chi connectivity index (χ2v) is 6.02. The normalized spacial score (nSPS) is 12.6. The molecule has 0 bridgehead atoms. The van der Waals surface area contributed by atoms with Gasteiger partial charge in [-0.05, 0) is 31.7 Å². The van der Waals surface area contributed by atoms with Gasteiger partial charge in [-0.1, -0.05) is 54.6 Å². The Morgan fingerprint density at radius 1 is 0.958 bits per heavy atom. The molecule has 0 aliphatic rings. The summed E-state index contributed by atoms with van der Waals surface area (Å²) < 4.78 is 0. The van der Waals surface area contributed by atoms with Crippen LogP contribution < -0.4 is 0 Å².